The van der Waals surface area contributed by atoms with Crippen molar-refractivity contribution in [2.24, 2.45) is 11.7 Å². The molecule has 0 aromatic heterocycles. The second-order valence-electron chi connectivity index (χ2n) is 5.29. The Morgan fingerprint density at radius 1 is 1.45 bits per heavy atom. The number of aryl methyl sites for hydroxylation is 1. The highest BCUT2D eigenvalue weighted by molar-refractivity contribution is 5.96. The van der Waals surface area contributed by atoms with E-state index in [1.54, 1.807) is 6.92 Å². The summed E-state index contributed by atoms with van der Waals surface area (Å²) in [5.41, 5.74) is 6.65. The summed E-state index contributed by atoms with van der Waals surface area (Å²) in [6.07, 6.45) is 0.800. The van der Waals surface area contributed by atoms with E-state index in [0.29, 0.717) is 23.6 Å². The van der Waals surface area contributed by atoms with Crippen LogP contribution in [0, 0.1) is 23.0 Å². The molecule has 1 aromatic rings. The lowest BCUT2D eigenvalue weighted by Gasteiger charge is -2.19. The van der Waals surface area contributed by atoms with Gasteiger partial charge in [0.05, 0.1) is 4.92 Å². The molecule has 1 amide bonds. The van der Waals surface area contributed by atoms with E-state index in [0.717, 1.165) is 6.42 Å². The first-order chi connectivity index (χ1) is 9.35. The van der Waals surface area contributed by atoms with Crippen molar-refractivity contribution in [3.8, 4) is 0 Å². The molecular weight excluding hydrogens is 258 g/mol. The SMILES string of the molecule is Cc1cc([N+](=O)[O-])ccc1C(=O)NC(CN)CC(C)C. The predicted octanol–water partition coefficient (Wildman–Crippen LogP) is 2.01. The van der Waals surface area contributed by atoms with E-state index in [1.165, 1.54) is 18.2 Å². The Morgan fingerprint density at radius 3 is 2.55 bits per heavy atom. The van der Waals surface area contributed by atoms with Crippen LogP contribution in [0.3, 0.4) is 0 Å². The molecule has 20 heavy (non-hydrogen) atoms. The predicted molar refractivity (Wildman–Crippen MR) is 77.6 cm³/mol. The first-order valence-electron chi connectivity index (χ1n) is 6.61. The van der Waals surface area contributed by atoms with Crippen molar-refractivity contribution in [3.63, 3.8) is 0 Å². The molecule has 1 atom stereocenters. The molecule has 0 aliphatic heterocycles. The van der Waals surface area contributed by atoms with Crippen molar-refractivity contribution < 1.29 is 9.72 Å². The number of nitrogens with one attached hydrogen (secondary N) is 1. The van der Waals surface area contributed by atoms with Gasteiger partial charge in [-0.15, -0.1) is 0 Å². The highest BCUT2D eigenvalue weighted by Crippen LogP contribution is 2.17. The third kappa shape index (κ3) is 4.31. The Bertz CT molecular complexity index is 500. The number of non-ortho nitro benzene ring substituents is 1. The molecule has 0 aliphatic rings. The number of hydrogen-bond donors (Lipinski definition) is 2. The molecule has 110 valence electrons. The second-order valence-corrected chi connectivity index (χ2v) is 5.29. The molecule has 0 aliphatic carbocycles. The number of nitrogens with zero attached hydrogens (tertiary/aromatic N) is 1. The van der Waals surface area contributed by atoms with Crippen LogP contribution in [0.25, 0.3) is 0 Å². The molecule has 0 saturated heterocycles. The van der Waals surface area contributed by atoms with Crippen LogP contribution >= 0.6 is 0 Å². The lowest BCUT2D eigenvalue weighted by molar-refractivity contribution is -0.384. The maximum Gasteiger partial charge on any atom is 0.269 e. The fourth-order valence-corrected chi connectivity index (χ4v) is 2.06. The standard InChI is InChI=1S/C14H21N3O3/c1-9(2)6-11(8-15)16-14(18)13-5-4-12(17(19)20)7-10(13)3/h4-5,7,9,11H,6,8,15H2,1-3H3,(H,16,18). The number of amides is 1. The molecule has 1 rings (SSSR count). The molecule has 3 N–H and O–H groups in total. The van der Waals surface area contributed by atoms with Gasteiger partial charge in [-0.2, -0.15) is 0 Å². The van der Waals surface area contributed by atoms with Gasteiger partial charge >= 0.3 is 0 Å². The van der Waals surface area contributed by atoms with Gasteiger partial charge in [0.15, 0.2) is 0 Å². The average Bonchev–Trinajstić information content (AvgIpc) is 2.36. The van der Waals surface area contributed by atoms with Crippen molar-refractivity contribution in [2.75, 3.05) is 6.54 Å². The molecule has 6 nitrogen and oxygen atoms in total. The van der Waals surface area contributed by atoms with Gasteiger partial charge in [0.2, 0.25) is 0 Å². The molecule has 0 saturated carbocycles. The molecule has 0 fully saturated rings. The lowest BCUT2D eigenvalue weighted by Crippen LogP contribution is -2.41. The summed E-state index contributed by atoms with van der Waals surface area (Å²) in [7, 11) is 0. The highest BCUT2D eigenvalue weighted by Gasteiger charge is 2.17. The Hall–Kier alpha value is -1.95. The van der Waals surface area contributed by atoms with Crippen molar-refractivity contribution in [3.05, 3.63) is 39.4 Å². The minimum absolute atomic E-state index is 0.0170. The first kappa shape index (κ1) is 16.1. The molecule has 6 heteroatoms. The molecule has 0 bridgehead atoms. The maximum atomic E-state index is 12.2. The van der Waals surface area contributed by atoms with E-state index < -0.39 is 4.92 Å². The van der Waals surface area contributed by atoms with Gasteiger partial charge < -0.3 is 11.1 Å². The van der Waals surface area contributed by atoms with E-state index in [2.05, 4.69) is 19.2 Å². The Kier molecular flexibility index (Phi) is 5.64. The van der Waals surface area contributed by atoms with Gasteiger partial charge in [-0.05, 0) is 30.9 Å². The third-order valence-electron chi connectivity index (χ3n) is 3.04. The topological polar surface area (TPSA) is 98.3 Å². The Labute approximate surface area is 118 Å². The van der Waals surface area contributed by atoms with Gasteiger partial charge in [-0.1, -0.05) is 13.8 Å². The Morgan fingerprint density at radius 2 is 2.10 bits per heavy atom. The fraction of sp³-hybridized carbons (Fsp3) is 0.500. The van der Waals surface area contributed by atoms with Crippen LogP contribution in [0.5, 0.6) is 0 Å². The maximum absolute atomic E-state index is 12.2. The normalized spacial score (nSPS) is 12.2. The zero-order valence-corrected chi connectivity index (χ0v) is 12.1. The first-order valence-corrected chi connectivity index (χ1v) is 6.61. The fourth-order valence-electron chi connectivity index (χ4n) is 2.06. The summed E-state index contributed by atoms with van der Waals surface area (Å²) in [6, 6.07) is 4.12. The summed E-state index contributed by atoms with van der Waals surface area (Å²) in [5.74, 6) is 0.190. The summed E-state index contributed by atoms with van der Waals surface area (Å²) in [4.78, 5) is 22.4. The quantitative estimate of drug-likeness (QED) is 0.614. The number of benzene rings is 1. The summed E-state index contributed by atoms with van der Waals surface area (Å²) in [6.45, 7) is 6.18. The molecule has 0 heterocycles. The van der Waals surface area contributed by atoms with Crippen LogP contribution in [0.15, 0.2) is 18.2 Å². The van der Waals surface area contributed by atoms with Crippen LogP contribution in [-0.4, -0.2) is 23.4 Å². The number of nitro groups is 1. The van der Waals surface area contributed by atoms with E-state index in [9.17, 15) is 14.9 Å². The number of carbonyl (C=O) groups excluding carboxylic acids is 1. The van der Waals surface area contributed by atoms with Crippen LogP contribution in [0.4, 0.5) is 5.69 Å². The van der Waals surface area contributed by atoms with Crippen LogP contribution < -0.4 is 11.1 Å². The van der Waals surface area contributed by atoms with Crippen molar-refractivity contribution in [1.29, 1.82) is 0 Å². The molecule has 1 unspecified atom stereocenters. The van der Waals surface area contributed by atoms with Crippen LogP contribution in [0.1, 0.15) is 36.2 Å². The smallest absolute Gasteiger partial charge is 0.269 e. The molecule has 1 aromatic carbocycles. The van der Waals surface area contributed by atoms with Crippen molar-refractivity contribution >= 4 is 11.6 Å². The largest absolute Gasteiger partial charge is 0.348 e. The number of hydrogen-bond acceptors (Lipinski definition) is 4. The van der Waals surface area contributed by atoms with Crippen molar-refractivity contribution in [1.82, 2.24) is 5.32 Å². The molecule has 0 spiro atoms. The van der Waals surface area contributed by atoms with E-state index in [-0.39, 0.29) is 17.6 Å². The summed E-state index contributed by atoms with van der Waals surface area (Å²) >= 11 is 0. The van der Waals surface area contributed by atoms with Gasteiger partial charge in [-0.3, -0.25) is 14.9 Å². The Balaban J connectivity index is 2.84. The van der Waals surface area contributed by atoms with E-state index >= 15 is 0 Å². The second kappa shape index (κ2) is 7.00. The van der Waals surface area contributed by atoms with Gasteiger partial charge in [0, 0.05) is 30.3 Å². The average molecular weight is 279 g/mol. The number of rotatable bonds is 6. The lowest BCUT2D eigenvalue weighted by atomic mass is 10.0. The third-order valence-corrected chi connectivity index (χ3v) is 3.04. The summed E-state index contributed by atoms with van der Waals surface area (Å²) < 4.78 is 0. The monoisotopic (exact) mass is 279 g/mol. The minimum atomic E-state index is -0.476. The number of nitrogens with two attached hydrogens (primary N) is 1. The molecule has 0 radical (unpaired) electrons. The van der Waals surface area contributed by atoms with E-state index in [1.807, 2.05) is 0 Å². The zero-order valence-electron chi connectivity index (χ0n) is 12.1. The van der Waals surface area contributed by atoms with Gasteiger partial charge in [-0.25, -0.2) is 0 Å². The summed E-state index contributed by atoms with van der Waals surface area (Å²) in [5, 5.41) is 13.5. The van der Waals surface area contributed by atoms with Gasteiger partial charge in [0.25, 0.3) is 11.6 Å². The highest BCUT2D eigenvalue weighted by atomic mass is 16.6. The van der Waals surface area contributed by atoms with Gasteiger partial charge in [0.1, 0.15) is 0 Å². The van der Waals surface area contributed by atoms with Crippen LogP contribution in [-0.2, 0) is 0 Å². The minimum Gasteiger partial charge on any atom is -0.348 e. The van der Waals surface area contributed by atoms with Crippen LogP contribution in [0.2, 0.25) is 0 Å². The van der Waals surface area contributed by atoms with Crippen molar-refractivity contribution in [2.45, 2.75) is 33.2 Å². The number of nitro benzene ring substituents is 1. The molecular formula is C14H21N3O3. The number of carbonyl (C=O) groups is 1. The zero-order chi connectivity index (χ0) is 15.3. The van der Waals surface area contributed by atoms with E-state index in [4.69, 9.17) is 5.73 Å².